The van der Waals surface area contributed by atoms with E-state index in [2.05, 4.69) is 0 Å². The largest absolute Gasteiger partial charge is 0.480 e. The standard InChI is InChI=1S/C9H15NO5/c1-14-6-3-7(8(11)12)10-4-2-5-15-9(10)13/h7H,2-6H2,1H3,(H,11,12). The number of hydrogen-bond acceptors (Lipinski definition) is 4. The number of rotatable bonds is 5. The van der Waals surface area contributed by atoms with Gasteiger partial charge in [0.25, 0.3) is 0 Å². The molecule has 1 fully saturated rings. The summed E-state index contributed by atoms with van der Waals surface area (Å²) in [5, 5.41) is 8.96. The normalized spacial score (nSPS) is 18.5. The fourth-order valence-electron chi connectivity index (χ4n) is 1.49. The number of nitrogens with zero attached hydrogens (tertiary/aromatic N) is 1. The van der Waals surface area contributed by atoms with Crippen LogP contribution >= 0.6 is 0 Å². The van der Waals surface area contributed by atoms with E-state index in [0.717, 1.165) is 0 Å². The first kappa shape index (κ1) is 11.8. The third-order valence-corrected chi connectivity index (χ3v) is 2.26. The van der Waals surface area contributed by atoms with E-state index < -0.39 is 18.1 Å². The molecule has 1 atom stereocenters. The fraction of sp³-hybridized carbons (Fsp3) is 0.778. The van der Waals surface area contributed by atoms with Crippen molar-refractivity contribution < 1.29 is 24.2 Å². The molecule has 0 bridgehead atoms. The quantitative estimate of drug-likeness (QED) is 0.717. The number of carboxylic acids is 1. The van der Waals surface area contributed by atoms with Crippen LogP contribution in [0.25, 0.3) is 0 Å². The molecule has 0 aliphatic carbocycles. The van der Waals surface area contributed by atoms with Crippen molar-refractivity contribution >= 4 is 12.1 Å². The maximum atomic E-state index is 11.3. The number of hydrogen-bond donors (Lipinski definition) is 1. The van der Waals surface area contributed by atoms with Gasteiger partial charge in [-0.15, -0.1) is 0 Å². The third kappa shape index (κ3) is 3.09. The Morgan fingerprint density at radius 1 is 1.73 bits per heavy atom. The van der Waals surface area contributed by atoms with Crippen LogP contribution in [0.2, 0.25) is 0 Å². The Hall–Kier alpha value is -1.30. The van der Waals surface area contributed by atoms with Crippen LogP contribution < -0.4 is 0 Å². The van der Waals surface area contributed by atoms with Crippen LogP contribution in [0.1, 0.15) is 12.8 Å². The van der Waals surface area contributed by atoms with Gasteiger partial charge in [-0.3, -0.25) is 4.90 Å². The van der Waals surface area contributed by atoms with Crippen LogP contribution in [0.5, 0.6) is 0 Å². The molecule has 0 radical (unpaired) electrons. The number of aliphatic carboxylic acids is 1. The van der Waals surface area contributed by atoms with Crippen LogP contribution in [-0.4, -0.2) is 55.0 Å². The molecular formula is C9H15NO5. The van der Waals surface area contributed by atoms with Gasteiger partial charge in [0.2, 0.25) is 0 Å². The highest BCUT2D eigenvalue weighted by Gasteiger charge is 2.32. The monoisotopic (exact) mass is 217 g/mol. The lowest BCUT2D eigenvalue weighted by atomic mass is 10.1. The van der Waals surface area contributed by atoms with Gasteiger partial charge in [0.15, 0.2) is 0 Å². The van der Waals surface area contributed by atoms with E-state index in [1.54, 1.807) is 0 Å². The molecule has 0 aromatic rings. The number of carbonyl (C=O) groups is 2. The molecule has 6 heteroatoms. The summed E-state index contributed by atoms with van der Waals surface area (Å²) < 4.78 is 9.59. The zero-order valence-corrected chi connectivity index (χ0v) is 8.64. The second kappa shape index (κ2) is 5.55. The smallest absolute Gasteiger partial charge is 0.410 e. The molecule has 6 nitrogen and oxygen atoms in total. The average molecular weight is 217 g/mol. The van der Waals surface area contributed by atoms with Crippen molar-refractivity contribution in [3.05, 3.63) is 0 Å². The Kier molecular flexibility index (Phi) is 4.36. The molecule has 0 spiro atoms. The maximum absolute atomic E-state index is 11.3. The van der Waals surface area contributed by atoms with Crippen LogP contribution in [0.3, 0.4) is 0 Å². The highest BCUT2D eigenvalue weighted by molar-refractivity contribution is 5.80. The van der Waals surface area contributed by atoms with E-state index in [1.807, 2.05) is 0 Å². The zero-order chi connectivity index (χ0) is 11.3. The summed E-state index contributed by atoms with van der Waals surface area (Å²) in [7, 11) is 1.49. The molecule has 1 rings (SSSR count). The molecule has 1 aliphatic heterocycles. The highest BCUT2D eigenvalue weighted by Crippen LogP contribution is 2.12. The van der Waals surface area contributed by atoms with Crippen LogP contribution in [0, 0.1) is 0 Å². The second-order valence-corrected chi connectivity index (χ2v) is 3.30. The first-order valence-corrected chi connectivity index (χ1v) is 4.82. The topological polar surface area (TPSA) is 76.1 Å². The first-order valence-electron chi connectivity index (χ1n) is 4.82. The molecule has 1 unspecified atom stereocenters. The highest BCUT2D eigenvalue weighted by atomic mass is 16.6. The first-order chi connectivity index (χ1) is 7.16. The lowest BCUT2D eigenvalue weighted by Crippen LogP contribution is -2.49. The van der Waals surface area contributed by atoms with Crippen molar-refractivity contribution in [3.63, 3.8) is 0 Å². The van der Waals surface area contributed by atoms with E-state index in [-0.39, 0.29) is 6.42 Å². The summed E-state index contributed by atoms with van der Waals surface area (Å²) in [5.74, 6) is -1.02. The molecule has 1 amide bonds. The minimum Gasteiger partial charge on any atom is -0.480 e. The van der Waals surface area contributed by atoms with Gasteiger partial charge in [0, 0.05) is 26.7 Å². The van der Waals surface area contributed by atoms with Crippen molar-refractivity contribution in [2.75, 3.05) is 26.9 Å². The molecule has 1 saturated heterocycles. The predicted octanol–water partition coefficient (Wildman–Crippen LogP) is 0.318. The van der Waals surface area contributed by atoms with Gasteiger partial charge in [0.1, 0.15) is 6.04 Å². The molecule has 15 heavy (non-hydrogen) atoms. The van der Waals surface area contributed by atoms with Crippen LogP contribution in [-0.2, 0) is 14.3 Å². The van der Waals surface area contributed by atoms with E-state index in [4.69, 9.17) is 14.6 Å². The number of methoxy groups -OCH3 is 1. The summed E-state index contributed by atoms with van der Waals surface area (Å²) in [5.41, 5.74) is 0. The summed E-state index contributed by atoms with van der Waals surface area (Å²) >= 11 is 0. The Balaban J connectivity index is 2.60. The van der Waals surface area contributed by atoms with Gasteiger partial charge in [-0.1, -0.05) is 0 Å². The Labute approximate surface area is 87.8 Å². The molecule has 0 saturated carbocycles. The van der Waals surface area contributed by atoms with E-state index >= 15 is 0 Å². The molecule has 1 N–H and O–H groups in total. The summed E-state index contributed by atoms with van der Waals surface area (Å²) in [6.45, 7) is 1.10. The van der Waals surface area contributed by atoms with Gasteiger partial charge < -0.3 is 14.6 Å². The maximum Gasteiger partial charge on any atom is 0.410 e. The zero-order valence-electron chi connectivity index (χ0n) is 8.64. The number of ether oxygens (including phenoxy) is 2. The SMILES string of the molecule is COCCC(C(=O)O)N1CCCOC1=O. The molecule has 1 heterocycles. The van der Waals surface area contributed by atoms with E-state index in [9.17, 15) is 9.59 Å². The summed E-state index contributed by atoms with van der Waals surface area (Å²) in [6, 6.07) is -0.849. The summed E-state index contributed by atoms with van der Waals surface area (Å²) in [6.07, 6.45) is 0.397. The number of cyclic esters (lactones) is 1. The molecule has 86 valence electrons. The van der Waals surface area contributed by atoms with Gasteiger partial charge in [-0.2, -0.15) is 0 Å². The van der Waals surface area contributed by atoms with Gasteiger partial charge in [-0.25, -0.2) is 9.59 Å². The van der Waals surface area contributed by atoms with Crippen molar-refractivity contribution in [1.82, 2.24) is 4.90 Å². The van der Waals surface area contributed by atoms with Crippen LogP contribution in [0.15, 0.2) is 0 Å². The fourth-order valence-corrected chi connectivity index (χ4v) is 1.49. The number of amides is 1. The van der Waals surface area contributed by atoms with Gasteiger partial charge >= 0.3 is 12.1 Å². The van der Waals surface area contributed by atoms with E-state index in [1.165, 1.54) is 12.0 Å². The Morgan fingerprint density at radius 3 is 3.00 bits per heavy atom. The van der Waals surface area contributed by atoms with Gasteiger partial charge in [-0.05, 0) is 6.42 Å². The molecule has 0 aromatic carbocycles. The molecular weight excluding hydrogens is 202 g/mol. The van der Waals surface area contributed by atoms with Gasteiger partial charge in [0.05, 0.1) is 6.61 Å². The lowest BCUT2D eigenvalue weighted by molar-refractivity contribution is -0.144. The van der Waals surface area contributed by atoms with Crippen molar-refractivity contribution in [2.45, 2.75) is 18.9 Å². The van der Waals surface area contributed by atoms with Crippen LogP contribution in [0.4, 0.5) is 4.79 Å². The second-order valence-electron chi connectivity index (χ2n) is 3.30. The third-order valence-electron chi connectivity index (χ3n) is 2.26. The number of carbonyl (C=O) groups excluding carboxylic acids is 1. The molecule has 1 aliphatic rings. The lowest BCUT2D eigenvalue weighted by Gasteiger charge is -2.31. The minimum atomic E-state index is -1.02. The Morgan fingerprint density at radius 2 is 2.47 bits per heavy atom. The molecule has 0 aromatic heterocycles. The van der Waals surface area contributed by atoms with Crippen molar-refractivity contribution in [3.8, 4) is 0 Å². The van der Waals surface area contributed by atoms with Crippen molar-refractivity contribution in [1.29, 1.82) is 0 Å². The number of carboxylic acid groups (broad SMARTS) is 1. The Bertz CT molecular complexity index is 243. The predicted molar refractivity (Wildman–Crippen MR) is 50.6 cm³/mol. The summed E-state index contributed by atoms with van der Waals surface area (Å²) in [4.78, 5) is 23.5. The minimum absolute atomic E-state index is 0.279. The average Bonchev–Trinajstić information content (AvgIpc) is 2.20. The van der Waals surface area contributed by atoms with E-state index in [0.29, 0.717) is 26.2 Å². The van der Waals surface area contributed by atoms with Crippen molar-refractivity contribution in [2.24, 2.45) is 0 Å².